The number of carbonyl (C=O) groups excluding carboxylic acids is 3. The molecule has 9 heteroatoms. The van der Waals surface area contributed by atoms with E-state index in [1.165, 1.54) is 6.08 Å². The number of halogens is 2. The Hall–Kier alpha value is -3.62. The Morgan fingerprint density at radius 2 is 1.74 bits per heavy atom. The number of benzene rings is 3. The van der Waals surface area contributed by atoms with Gasteiger partial charge in [-0.05, 0) is 61.5 Å². The third-order valence-corrected chi connectivity index (χ3v) is 5.98. The summed E-state index contributed by atoms with van der Waals surface area (Å²) in [6.45, 7) is 2.53. The smallest absolute Gasteiger partial charge is 0.335 e. The molecule has 0 saturated carbocycles. The second kappa shape index (κ2) is 10.8. The first-order chi connectivity index (χ1) is 16.9. The van der Waals surface area contributed by atoms with Crippen LogP contribution in [0.1, 0.15) is 18.1 Å². The molecule has 1 fully saturated rings. The highest BCUT2D eigenvalue weighted by Crippen LogP contribution is 2.30. The minimum absolute atomic E-state index is 0.189. The molecule has 35 heavy (non-hydrogen) atoms. The van der Waals surface area contributed by atoms with Crippen LogP contribution in [-0.4, -0.2) is 24.5 Å². The lowest BCUT2D eigenvalue weighted by Gasteiger charge is -2.26. The first-order valence-corrected chi connectivity index (χ1v) is 11.8. The summed E-state index contributed by atoms with van der Waals surface area (Å²) in [6.07, 6.45) is 1.40. The summed E-state index contributed by atoms with van der Waals surface area (Å²) in [6, 6.07) is 18.1. The zero-order chi connectivity index (χ0) is 24.9. The maximum atomic E-state index is 13.3. The van der Waals surface area contributed by atoms with Crippen LogP contribution in [0.15, 0.2) is 76.8 Å². The highest BCUT2D eigenvalue weighted by molar-refractivity contribution is 9.10. The largest absolute Gasteiger partial charge is 0.494 e. The molecule has 1 heterocycles. The molecule has 178 valence electrons. The molecule has 7 nitrogen and oxygen atoms in total. The molecule has 0 aliphatic carbocycles. The van der Waals surface area contributed by atoms with E-state index in [9.17, 15) is 14.4 Å². The Bertz CT molecular complexity index is 1320. The standard InChI is InChI=1S/C26H20BrClN2O5/c1-2-34-20-10-8-19(9-11-20)30-25(32)21(24(31)29-26(30)33)14-17-13-18(27)7-12-23(17)35-15-16-5-3-4-6-22(16)28/h3-14H,2,15H2,1H3,(H,29,31,33)/b21-14+. The minimum Gasteiger partial charge on any atom is -0.494 e. The average Bonchev–Trinajstić information content (AvgIpc) is 2.83. The van der Waals surface area contributed by atoms with Crippen molar-refractivity contribution in [3.05, 3.63) is 92.9 Å². The fraction of sp³-hybridized carbons (Fsp3) is 0.115. The second-order valence-electron chi connectivity index (χ2n) is 7.45. The van der Waals surface area contributed by atoms with E-state index in [-0.39, 0.29) is 12.2 Å². The monoisotopic (exact) mass is 554 g/mol. The van der Waals surface area contributed by atoms with E-state index in [4.69, 9.17) is 21.1 Å². The van der Waals surface area contributed by atoms with Crippen LogP contribution in [0.25, 0.3) is 6.08 Å². The van der Waals surface area contributed by atoms with Crippen molar-refractivity contribution < 1.29 is 23.9 Å². The second-order valence-corrected chi connectivity index (χ2v) is 8.77. The number of nitrogens with one attached hydrogen (secondary N) is 1. The maximum Gasteiger partial charge on any atom is 0.335 e. The number of hydrogen-bond donors (Lipinski definition) is 1. The summed E-state index contributed by atoms with van der Waals surface area (Å²) in [5, 5.41) is 2.79. The highest BCUT2D eigenvalue weighted by atomic mass is 79.9. The third kappa shape index (κ3) is 5.55. The fourth-order valence-corrected chi connectivity index (χ4v) is 4.01. The Balaban J connectivity index is 1.65. The molecule has 0 unspecified atom stereocenters. The van der Waals surface area contributed by atoms with Crippen molar-refractivity contribution in [3.63, 3.8) is 0 Å². The normalized spacial score (nSPS) is 14.8. The number of imide groups is 2. The molecule has 0 bridgehead atoms. The van der Waals surface area contributed by atoms with Gasteiger partial charge in [0.1, 0.15) is 23.7 Å². The lowest BCUT2D eigenvalue weighted by Crippen LogP contribution is -2.54. The number of barbiturate groups is 1. The molecule has 3 aromatic rings. The van der Waals surface area contributed by atoms with Gasteiger partial charge in [-0.25, -0.2) is 9.69 Å². The van der Waals surface area contributed by atoms with Gasteiger partial charge in [-0.15, -0.1) is 0 Å². The summed E-state index contributed by atoms with van der Waals surface area (Å²) < 4.78 is 12.1. The Morgan fingerprint density at radius 3 is 2.46 bits per heavy atom. The molecule has 0 radical (unpaired) electrons. The minimum atomic E-state index is -0.828. The van der Waals surface area contributed by atoms with Crippen LogP contribution in [0.2, 0.25) is 5.02 Å². The number of anilines is 1. The van der Waals surface area contributed by atoms with Gasteiger partial charge in [-0.2, -0.15) is 0 Å². The summed E-state index contributed by atoms with van der Waals surface area (Å²) in [7, 11) is 0. The van der Waals surface area contributed by atoms with E-state index < -0.39 is 17.8 Å². The highest BCUT2D eigenvalue weighted by Gasteiger charge is 2.37. The van der Waals surface area contributed by atoms with E-state index >= 15 is 0 Å². The van der Waals surface area contributed by atoms with Crippen molar-refractivity contribution >= 4 is 57.1 Å². The summed E-state index contributed by atoms with van der Waals surface area (Å²) >= 11 is 9.63. The SMILES string of the molecule is CCOc1ccc(N2C(=O)NC(=O)/C(=C\c3cc(Br)ccc3OCc3ccccc3Cl)C2=O)cc1. The first-order valence-electron chi connectivity index (χ1n) is 10.7. The van der Waals surface area contributed by atoms with Gasteiger partial charge >= 0.3 is 6.03 Å². The molecule has 0 atom stereocenters. The summed E-state index contributed by atoms with van der Waals surface area (Å²) in [4.78, 5) is 39.3. The average molecular weight is 556 g/mol. The van der Waals surface area contributed by atoms with Crippen LogP contribution in [0.4, 0.5) is 10.5 Å². The quantitative estimate of drug-likeness (QED) is 0.297. The van der Waals surface area contributed by atoms with Crippen LogP contribution in [0.3, 0.4) is 0 Å². The van der Waals surface area contributed by atoms with Crippen molar-refractivity contribution in [1.29, 1.82) is 0 Å². The number of rotatable bonds is 7. The topological polar surface area (TPSA) is 84.9 Å². The van der Waals surface area contributed by atoms with E-state index in [1.807, 2.05) is 25.1 Å². The van der Waals surface area contributed by atoms with Gasteiger partial charge in [0.2, 0.25) is 0 Å². The fourth-order valence-electron chi connectivity index (χ4n) is 3.44. The zero-order valence-corrected chi connectivity index (χ0v) is 20.9. The predicted molar refractivity (Wildman–Crippen MR) is 137 cm³/mol. The molecule has 3 aromatic carbocycles. The zero-order valence-electron chi connectivity index (χ0n) is 18.6. The summed E-state index contributed by atoms with van der Waals surface area (Å²) in [5.41, 5.74) is 1.36. The molecular weight excluding hydrogens is 536 g/mol. The Morgan fingerprint density at radius 1 is 1.00 bits per heavy atom. The molecule has 0 spiro atoms. The lowest BCUT2D eigenvalue weighted by molar-refractivity contribution is -0.122. The number of urea groups is 1. The molecule has 1 saturated heterocycles. The van der Waals surface area contributed by atoms with Gasteiger partial charge < -0.3 is 9.47 Å². The number of carbonyl (C=O) groups is 3. The van der Waals surface area contributed by atoms with Crippen molar-refractivity contribution in [1.82, 2.24) is 5.32 Å². The molecular formula is C26H20BrClN2O5. The van der Waals surface area contributed by atoms with Crippen LogP contribution >= 0.6 is 27.5 Å². The molecule has 1 N–H and O–H groups in total. The van der Waals surface area contributed by atoms with E-state index in [0.29, 0.717) is 34.4 Å². The van der Waals surface area contributed by atoms with Crippen molar-refractivity contribution in [2.24, 2.45) is 0 Å². The Labute approximate surface area is 215 Å². The predicted octanol–water partition coefficient (Wildman–Crippen LogP) is 5.75. The van der Waals surface area contributed by atoms with Gasteiger partial charge in [0.05, 0.1) is 12.3 Å². The molecule has 1 aliphatic heterocycles. The molecule has 4 rings (SSSR count). The summed E-state index contributed by atoms with van der Waals surface area (Å²) in [5.74, 6) is -0.507. The Kier molecular flexibility index (Phi) is 7.53. The van der Waals surface area contributed by atoms with Gasteiger partial charge in [0.25, 0.3) is 11.8 Å². The van der Waals surface area contributed by atoms with Crippen LogP contribution < -0.4 is 19.7 Å². The molecule has 0 aromatic heterocycles. The van der Waals surface area contributed by atoms with E-state index in [0.717, 1.165) is 14.9 Å². The molecule has 1 aliphatic rings. The van der Waals surface area contributed by atoms with Crippen molar-refractivity contribution in [2.75, 3.05) is 11.5 Å². The number of amides is 4. The first kappa shape index (κ1) is 24.5. The lowest BCUT2D eigenvalue weighted by atomic mass is 10.1. The van der Waals surface area contributed by atoms with Crippen LogP contribution in [-0.2, 0) is 16.2 Å². The third-order valence-electron chi connectivity index (χ3n) is 5.12. The van der Waals surface area contributed by atoms with E-state index in [2.05, 4.69) is 21.2 Å². The van der Waals surface area contributed by atoms with Gasteiger partial charge in [0, 0.05) is 20.6 Å². The molecule has 4 amide bonds. The van der Waals surface area contributed by atoms with E-state index in [1.54, 1.807) is 48.5 Å². The number of nitrogens with zero attached hydrogens (tertiary/aromatic N) is 1. The van der Waals surface area contributed by atoms with Gasteiger partial charge in [-0.3, -0.25) is 14.9 Å². The maximum absolute atomic E-state index is 13.3. The van der Waals surface area contributed by atoms with Crippen LogP contribution in [0, 0.1) is 0 Å². The number of hydrogen-bond acceptors (Lipinski definition) is 5. The van der Waals surface area contributed by atoms with Gasteiger partial charge in [0.15, 0.2) is 0 Å². The van der Waals surface area contributed by atoms with Crippen LogP contribution in [0.5, 0.6) is 11.5 Å². The van der Waals surface area contributed by atoms with Crippen molar-refractivity contribution in [3.8, 4) is 11.5 Å². The number of ether oxygens (including phenoxy) is 2. The van der Waals surface area contributed by atoms with Gasteiger partial charge in [-0.1, -0.05) is 45.7 Å². The van der Waals surface area contributed by atoms with Crippen molar-refractivity contribution in [2.45, 2.75) is 13.5 Å².